The number of aromatic nitrogens is 1. The topological polar surface area (TPSA) is 36.4 Å². The SMILES string of the molecule is CCN(CC)CCN(C(=O)c1ccc(C(C)(C)C)cc1)c1nc2ccccc2s1.Cl. The number of hydrogen-bond donors (Lipinski definition) is 0. The molecular formula is C24H32ClN3OS. The van der Waals surface area contributed by atoms with Gasteiger partial charge in [0, 0.05) is 18.7 Å². The van der Waals surface area contributed by atoms with E-state index in [0.29, 0.717) is 12.1 Å². The summed E-state index contributed by atoms with van der Waals surface area (Å²) in [5.41, 5.74) is 2.94. The summed E-state index contributed by atoms with van der Waals surface area (Å²) in [4.78, 5) is 22.4. The van der Waals surface area contributed by atoms with Crippen LogP contribution in [-0.2, 0) is 5.41 Å². The molecule has 30 heavy (non-hydrogen) atoms. The molecule has 0 saturated heterocycles. The number of thiazole rings is 1. The third-order valence-corrected chi connectivity index (χ3v) is 6.35. The summed E-state index contributed by atoms with van der Waals surface area (Å²) in [6.07, 6.45) is 0. The fourth-order valence-corrected chi connectivity index (χ4v) is 4.30. The Hall–Kier alpha value is -1.95. The second kappa shape index (κ2) is 10.4. The number of anilines is 1. The molecule has 1 amide bonds. The third kappa shape index (κ3) is 5.60. The molecule has 0 atom stereocenters. The maximum absolute atomic E-state index is 13.4. The Bertz CT molecular complexity index is 925. The van der Waals surface area contributed by atoms with Gasteiger partial charge in [0.2, 0.25) is 0 Å². The van der Waals surface area contributed by atoms with Crippen LogP contribution in [0.3, 0.4) is 0 Å². The molecule has 162 valence electrons. The standard InChI is InChI=1S/C24H31N3OS.ClH/c1-6-26(7-2)16-17-27(23-25-20-10-8-9-11-21(20)29-23)22(28)18-12-14-19(15-13-18)24(3,4)5;/h8-15H,6-7,16-17H2,1-5H3;1H. The fraction of sp³-hybridized carbons (Fsp3) is 0.417. The van der Waals surface area contributed by atoms with Crippen molar-refractivity contribution in [2.75, 3.05) is 31.1 Å². The van der Waals surface area contributed by atoms with E-state index >= 15 is 0 Å². The molecule has 0 aliphatic carbocycles. The highest BCUT2D eigenvalue weighted by molar-refractivity contribution is 7.22. The van der Waals surface area contributed by atoms with E-state index in [9.17, 15) is 4.79 Å². The number of amides is 1. The highest BCUT2D eigenvalue weighted by Crippen LogP contribution is 2.30. The number of hydrogen-bond acceptors (Lipinski definition) is 4. The second-order valence-electron chi connectivity index (χ2n) is 8.28. The Kier molecular flexibility index (Phi) is 8.42. The predicted octanol–water partition coefficient (Wildman–Crippen LogP) is 6.00. The summed E-state index contributed by atoms with van der Waals surface area (Å²) >= 11 is 1.58. The van der Waals surface area contributed by atoms with Gasteiger partial charge in [-0.15, -0.1) is 12.4 Å². The third-order valence-electron chi connectivity index (χ3n) is 5.29. The van der Waals surface area contributed by atoms with E-state index in [1.165, 1.54) is 5.56 Å². The Balaban J connectivity index is 0.00000320. The first-order chi connectivity index (χ1) is 13.8. The predicted molar refractivity (Wildman–Crippen MR) is 131 cm³/mol. The molecule has 3 aromatic rings. The van der Waals surface area contributed by atoms with Crippen LogP contribution < -0.4 is 4.90 Å². The van der Waals surface area contributed by atoms with Gasteiger partial charge in [0.25, 0.3) is 5.91 Å². The summed E-state index contributed by atoms with van der Waals surface area (Å²) in [7, 11) is 0. The van der Waals surface area contributed by atoms with Crippen LogP contribution in [0.2, 0.25) is 0 Å². The van der Waals surface area contributed by atoms with Crippen molar-refractivity contribution >= 4 is 45.0 Å². The molecule has 0 N–H and O–H groups in total. The van der Waals surface area contributed by atoms with Gasteiger partial charge < -0.3 is 4.90 Å². The van der Waals surface area contributed by atoms with Crippen molar-refractivity contribution in [2.45, 2.75) is 40.0 Å². The van der Waals surface area contributed by atoms with Crippen LogP contribution in [0.1, 0.15) is 50.5 Å². The number of carbonyl (C=O) groups is 1. The van der Waals surface area contributed by atoms with Gasteiger partial charge in [0.15, 0.2) is 5.13 Å². The van der Waals surface area contributed by atoms with Gasteiger partial charge in [-0.1, -0.05) is 70.2 Å². The molecule has 1 aromatic heterocycles. The van der Waals surface area contributed by atoms with E-state index in [2.05, 4.69) is 57.7 Å². The first kappa shape index (κ1) is 24.3. The van der Waals surface area contributed by atoms with Crippen LogP contribution in [-0.4, -0.2) is 42.0 Å². The zero-order valence-corrected chi connectivity index (χ0v) is 20.1. The largest absolute Gasteiger partial charge is 0.302 e. The molecular weight excluding hydrogens is 414 g/mol. The Morgan fingerprint density at radius 3 is 2.17 bits per heavy atom. The van der Waals surface area contributed by atoms with Crippen molar-refractivity contribution < 1.29 is 4.79 Å². The van der Waals surface area contributed by atoms with Gasteiger partial charge in [-0.25, -0.2) is 4.98 Å². The molecule has 0 aliphatic heterocycles. The van der Waals surface area contributed by atoms with Gasteiger partial charge in [-0.3, -0.25) is 9.69 Å². The minimum absolute atomic E-state index is 0. The van der Waals surface area contributed by atoms with Gasteiger partial charge in [-0.2, -0.15) is 0 Å². The first-order valence-corrected chi connectivity index (χ1v) is 11.2. The average Bonchev–Trinajstić information content (AvgIpc) is 3.14. The number of para-hydroxylation sites is 1. The number of rotatable bonds is 7. The van der Waals surface area contributed by atoms with E-state index in [1.54, 1.807) is 11.3 Å². The van der Waals surface area contributed by atoms with Crippen molar-refractivity contribution in [3.8, 4) is 0 Å². The van der Waals surface area contributed by atoms with Crippen LogP contribution in [0.25, 0.3) is 10.2 Å². The summed E-state index contributed by atoms with van der Waals surface area (Å²) in [6.45, 7) is 14.2. The Morgan fingerprint density at radius 2 is 1.60 bits per heavy atom. The minimum atomic E-state index is 0. The molecule has 4 nitrogen and oxygen atoms in total. The normalized spacial score (nSPS) is 11.5. The van der Waals surface area contributed by atoms with Crippen LogP contribution in [0.5, 0.6) is 0 Å². The monoisotopic (exact) mass is 445 g/mol. The minimum Gasteiger partial charge on any atom is -0.302 e. The second-order valence-corrected chi connectivity index (χ2v) is 9.28. The van der Waals surface area contributed by atoms with E-state index in [0.717, 1.165) is 35.0 Å². The summed E-state index contributed by atoms with van der Waals surface area (Å²) < 4.78 is 1.10. The molecule has 3 rings (SSSR count). The molecule has 0 radical (unpaired) electrons. The molecule has 2 aromatic carbocycles. The fourth-order valence-electron chi connectivity index (χ4n) is 3.31. The van der Waals surface area contributed by atoms with Crippen molar-refractivity contribution in [2.24, 2.45) is 0 Å². The quantitative estimate of drug-likeness (QED) is 0.447. The molecule has 1 heterocycles. The highest BCUT2D eigenvalue weighted by atomic mass is 35.5. The average molecular weight is 446 g/mol. The summed E-state index contributed by atoms with van der Waals surface area (Å²) in [6, 6.07) is 16.1. The molecule has 0 saturated carbocycles. The Morgan fingerprint density at radius 1 is 0.967 bits per heavy atom. The number of halogens is 1. The summed E-state index contributed by atoms with van der Waals surface area (Å²) in [5.74, 6) is 0.0108. The van der Waals surface area contributed by atoms with E-state index in [1.807, 2.05) is 35.2 Å². The zero-order chi connectivity index (χ0) is 21.0. The van der Waals surface area contributed by atoms with Crippen molar-refractivity contribution in [1.82, 2.24) is 9.88 Å². The summed E-state index contributed by atoms with van der Waals surface area (Å²) in [5, 5.41) is 0.767. The van der Waals surface area contributed by atoms with Gasteiger partial charge >= 0.3 is 0 Å². The highest BCUT2D eigenvalue weighted by Gasteiger charge is 2.22. The lowest BCUT2D eigenvalue weighted by molar-refractivity contribution is 0.0983. The van der Waals surface area contributed by atoms with Crippen molar-refractivity contribution in [1.29, 1.82) is 0 Å². The van der Waals surface area contributed by atoms with E-state index in [4.69, 9.17) is 4.98 Å². The smallest absolute Gasteiger partial charge is 0.260 e. The molecule has 0 aliphatic rings. The lowest BCUT2D eigenvalue weighted by Crippen LogP contribution is -2.38. The molecule has 6 heteroatoms. The Labute approximate surface area is 190 Å². The maximum Gasteiger partial charge on any atom is 0.260 e. The van der Waals surface area contributed by atoms with Crippen LogP contribution >= 0.6 is 23.7 Å². The number of fused-ring (bicyclic) bond motifs is 1. The molecule has 0 fully saturated rings. The number of benzene rings is 2. The number of carbonyl (C=O) groups excluding carboxylic acids is 1. The van der Waals surface area contributed by atoms with Crippen molar-refractivity contribution in [3.63, 3.8) is 0 Å². The lowest BCUT2D eigenvalue weighted by Gasteiger charge is -2.25. The molecule has 0 spiro atoms. The van der Waals surface area contributed by atoms with Crippen molar-refractivity contribution in [3.05, 3.63) is 59.7 Å². The van der Waals surface area contributed by atoms with E-state index < -0.39 is 0 Å². The number of nitrogens with zero attached hydrogens (tertiary/aromatic N) is 3. The molecule has 0 unspecified atom stereocenters. The van der Waals surface area contributed by atoms with E-state index in [-0.39, 0.29) is 23.7 Å². The van der Waals surface area contributed by atoms with Gasteiger partial charge in [-0.05, 0) is 48.3 Å². The maximum atomic E-state index is 13.4. The van der Waals surface area contributed by atoms with Crippen LogP contribution in [0.15, 0.2) is 48.5 Å². The lowest BCUT2D eigenvalue weighted by atomic mass is 9.86. The van der Waals surface area contributed by atoms with Gasteiger partial charge in [0.1, 0.15) is 0 Å². The van der Waals surface area contributed by atoms with Crippen LogP contribution in [0.4, 0.5) is 5.13 Å². The van der Waals surface area contributed by atoms with Gasteiger partial charge in [0.05, 0.1) is 10.2 Å². The molecule has 0 bridgehead atoms. The van der Waals surface area contributed by atoms with Crippen LogP contribution in [0, 0.1) is 0 Å². The number of likely N-dealkylation sites (N-methyl/N-ethyl adjacent to an activating group) is 1. The zero-order valence-electron chi connectivity index (χ0n) is 18.5. The first-order valence-electron chi connectivity index (χ1n) is 10.3.